The van der Waals surface area contributed by atoms with E-state index in [-0.39, 0.29) is 16.7 Å². The molecule has 1 fully saturated rings. The molecule has 6 nitrogen and oxygen atoms in total. The van der Waals surface area contributed by atoms with Gasteiger partial charge in [-0.25, -0.2) is 8.42 Å². The van der Waals surface area contributed by atoms with Gasteiger partial charge in [0.05, 0.1) is 4.90 Å². The van der Waals surface area contributed by atoms with E-state index in [1.807, 2.05) is 13.0 Å². The zero-order valence-electron chi connectivity index (χ0n) is 13.9. The Morgan fingerprint density at radius 2 is 1.68 bits per heavy atom. The smallest absolute Gasteiger partial charge is 0.261 e. The second kappa shape index (κ2) is 7.25. The van der Waals surface area contributed by atoms with Gasteiger partial charge in [0.2, 0.25) is 5.91 Å². The molecule has 0 aliphatic carbocycles. The molecule has 1 heterocycles. The topological polar surface area (TPSA) is 87.3 Å². The Bertz CT molecular complexity index is 832. The van der Waals surface area contributed by atoms with Crippen LogP contribution >= 0.6 is 0 Å². The molecule has 1 aliphatic rings. The van der Waals surface area contributed by atoms with Crippen molar-refractivity contribution in [2.45, 2.75) is 11.8 Å². The van der Waals surface area contributed by atoms with Gasteiger partial charge < -0.3 is 10.6 Å². The Labute approximate surface area is 147 Å². The lowest BCUT2D eigenvalue weighted by Crippen LogP contribution is -2.48. The fourth-order valence-electron chi connectivity index (χ4n) is 2.57. The van der Waals surface area contributed by atoms with Gasteiger partial charge in [-0.15, -0.1) is 0 Å². The second-order valence-corrected chi connectivity index (χ2v) is 7.87. The first kappa shape index (κ1) is 17.4. The van der Waals surface area contributed by atoms with Crippen LogP contribution in [0.1, 0.15) is 6.92 Å². The number of sulfonamides is 1. The summed E-state index contributed by atoms with van der Waals surface area (Å²) >= 11 is 0. The fraction of sp³-hybridized carbons (Fsp3) is 0.278. The Kier molecular flexibility index (Phi) is 5.06. The van der Waals surface area contributed by atoms with Gasteiger partial charge in [0, 0.05) is 17.3 Å². The van der Waals surface area contributed by atoms with Gasteiger partial charge in [-0.2, -0.15) is 0 Å². The number of hydrogen-bond acceptors (Lipinski definition) is 4. The SMILES string of the molecule is CC(C(=O)Nc1ccc(S(=O)(=O)Nc2ccccc2)cc1)C1CNC1. The summed E-state index contributed by atoms with van der Waals surface area (Å²) in [6.45, 7) is 3.62. The standard InChI is InChI=1S/C18H21N3O3S/c1-13(14-11-19-12-14)18(22)20-15-7-9-17(10-8-15)25(23,24)21-16-5-3-2-4-6-16/h2-10,13-14,19,21H,11-12H2,1H3,(H,20,22). The lowest BCUT2D eigenvalue weighted by molar-refractivity contribution is -0.121. The zero-order chi connectivity index (χ0) is 17.9. The van der Waals surface area contributed by atoms with Crippen molar-refractivity contribution in [3.63, 3.8) is 0 Å². The summed E-state index contributed by atoms with van der Waals surface area (Å²) in [6.07, 6.45) is 0. The minimum Gasteiger partial charge on any atom is -0.326 e. The van der Waals surface area contributed by atoms with E-state index >= 15 is 0 Å². The van der Waals surface area contributed by atoms with E-state index in [0.29, 0.717) is 17.3 Å². The van der Waals surface area contributed by atoms with Gasteiger partial charge in [-0.1, -0.05) is 25.1 Å². The van der Waals surface area contributed by atoms with Crippen molar-refractivity contribution in [2.75, 3.05) is 23.1 Å². The summed E-state index contributed by atoms with van der Waals surface area (Å²) in [5, 5.41) is 5.99. The molecule has 132 valence electrons. The summed E-state index contributed by atoms with van der Waals surface area (Å²) < 4.78 is 27.3. The molecule has 0 radical (unpaired) electrons. The molecule has 2 aromatic rings. The van der Waals surface area contributed by atoms with E-state index in [1.54, 1.807) is 36.4 Å². The van der Waals surface area contributed by atoms with Gasteiger partial charge in [-0.05, 0) is 55.4 Å². The maximum Gasteiger partial charge on any atom is 0.261 e. The molecule has 7 heteroatoms. The van der Waals surface area contributed by atoms with Crippen molar-refractivity contribution >= 4 is 27.3 Å². The highest BCUT2D eigenvalue weighted by molar-refractivity contribution is 7.92. The Morgan fingerprint density at radius 3 is 2.24 bits per heavy atom. The average molecular weight is 359 g/mol. The van der Waals surface area contributed by atoms with E-state index < -0.39 is 10.0 Å². The van der Waals surface area contributed by atoms with Crippen LogP contribution in [-0.2, 0) is 14.8 Å². The van der Waals surface area contributed by atoms with Gasteiger partial charge in [0.15, 0.2) is 0 Å². The highest BCUT2D eigenvalue weighted by Crippen LogP contribution is 2.21. The summed E-state index contributed by atoms with van der Waals surface area (Å²) in [7, 11) is -3.65. The van der Waals surface area contributed by atoms with Gasteiger partial charge >= 0.3 is 0 Å². The van der Waals surface area contributed by atoms with Crippen molar-refractivity contribution in [1.29, 1.82) is 0 Å². The number of rotatable bonds is 6. The Balaban J connectivity index is 1.66. The van der Waals surface area contributed by atoms with Crippen LogP contribution in [0.3, 0.4) is 0 Å². The maximum atomic E-state index is 12.4. The zero-order valence-corrected chi connectivity index (χ0v) is 14.7. The molecule has 25 heavy (non-hydrogen) atoms. The molecule has 1 atom stereocenters. The molecule has 1 saturated heterocycles. The first-order chi connectivity index (χ1) is 12.0. The highest BCUT2D eigenvalue weighted by atomic mass is 32.2. The monoisotopic (exact) mass is 359 g/mol. The molecule has 2 aromatic carbocycles. The fourth-order valence-corrected chi connectivity index (χ4v) is 3.63. The van der Waals surface area contributed by atoms with Crippen LogP contribution in [0, 0.1) is 11.8 Å². The summed E-state index contributed by atoms with van der Waals surface area (Å²) in [6, 6.07) is 14.9. The molecule has 0 bridgehead atoms. The number of carbonyl (C=O) groups is 1. The molecular formula is C18H21N3O3S. The largest absolute Gasteiger partial charge is 0.326 e. The van der Waals surface area contributed by atoms with Crippen molar-refractivity contribution in [1.82, 2.24) is 5.32 Å². The van der Waals surface area contributed by atoms with Crippen molar-refractivity contribution in [2.24, 2.45) is 11.8 Å². The molecule has 3 N–H and O–H groups in total. The molecule has 1 unspecified atom stereocenters. The summed E-state index contributed by atoms with van der Waals surface area (Å²) in [4.78, 5) is 12.3. The average Bonchev–Trinajstić information content (AvgIpc) is 2.54. The number of hydrogen-bond donors (Lipinski definition) is 3. The van der Waals surface area contributed by atoms with E-state index in [0.717, 1.165) is 13.1 Å². The van der Waals surface area contributed by atoms with E-state index in [9.17, 15) is 13.2 Å². The van der Waals surface area contributed by atoms with Gasteiger partial charge in [-0.3, -0.25) is 9.52 Å². The second-order valence-electron chi connectivity index (χ2n) is 6.19. The Morgan fingerprint density at radius 1 is 1.04 bits per heavy atom. The quantitative estimate of drug-likeness (QED) is 0.738. The molecular weight excluding hydrogens is 338 g/mol. The van der Waals surface area contributed by atoms with Crippen LogP contribution in [0.5, 0.6) is 0 Å². The van der Waals surface area contributed by atoms with Crippen molar-refractivity contribution < 1.29 is 13.2 Å². The lowest BCUT2D eigenvalue weighted by Gasteiger charge is -2.31. The third-order valence-corrected chi connectivity index (χ3v) is 5.79. The summed E-state index contributed by atoms with van der Waals surface area (Å²) in [5.41, 5.74) is 1.09. The number of benzene rings is 2. The van der Waals surface area contributed by atoms with Crippen LogP contribution < -0.4 is 15.4 Å². The molecule has 0 saturated carbocycles. The molecule has 0 aromatic heterocycles. The number of nitrogens with one attached hydrogen (secondary N) is 3. The van der Waals surface area contributed by atoms with Gasteiger partial charge in [0.25, 0.3) is 10.0 Å². The van der Waals surface area contributed by atoms with Crippen molar-refractivity contribution in [3.05, 3.63) is 54.6 Å². The normalized spacial score (nSPS) is 15.9. The van der Waals surface area contributed by atoms with Gasteiger partial charge in [0.1, 0.15) is 0 Å². The van der Waals surface area contributed by atoms with Crippen LogP contribution in [0.4, 0.5) is 11.4 Å². The Hall–Kier alpha value is -2.38. The molecule has 0 spiro atoms. The van der Waals surface area contributed by atoms with Crippen LogP contribution in [0.25, 0.3) is 0 Å². The highest BCUT2D eigenvalue weighted by Gasteiger charge is 2.28. The van der Waals surface area contributed by atoms with Crippen molar-refractivity contribution in [3.8, 4) is 0 Å². The maximum absolute atomic E-state index is 12.4. The third-order valence-electron chi connectivity index (χ3n) is 4.39. The predicted molar refractivity (Wildman–Crippen MR) is 97.8 cm³/mol. The number of anilines is 2. The number of para-hydroxylation sites is 1. The number of carbonyl (C=O) groups excluding carboxylic acids is 1. The van der Waals surface area contributed by atoms with Crippen LogP contribution in [-0.4, -0.2) is 27.4 Å². The predicted octanol–water partition coefficient (Wildman–Crippen LogP) is 2.28. The van der Waals surface area contributed by atoms with E-state index in [1.165, 1.54) is 12.1 Å². The van der Waals surface area contributed by atoms with E-state index in [2.05, 4.69) is 15.4 Å². The van der Waals surface area contributed by atoms with Crippen LogP contribution in [0.15, 0.2) is 59.5 Å². The molecule has 1 aliphatic heterocycles. The number of amides is 1. The van der Waals surface area contributed by atoms with Crippen LogP contribution in [0.2, 0.25) is 0 Å². The lowest BCUT2D eigenvalue weighted by atomic mass is 9.88. The van der Waals surface area contributed by atoms with E-state index in [4.69, 9.17) is 0 Å². The molecule has 1 amide bonds. The first-order valence-electron chi connectivity index (χ1n) is 8.15. The summed E-state index contributed by atoms with van der Waals surface area (Å²) in [5.74, 6) is 0.226. The minimum absolute atomic E-state index is 0.0514. The first-order valence-corrected chi connectivity index (χ1v) is 9.63. The third kappa shape index (κ3) is 4.18. The molecule has 3 rings (SSSR count). The minimum atomic E-state index is -3.65.